The second-order valence-electron chi connectivity index (χ2n) is 10.6. The molecule has 16 heteroatoms. The van der Waals surface area contributed by atoms with Gasteiger partial charge in [-0.05, 0) is 74.0 Å². The van der Waals surface area contributed by atoms with E-state index >= 15 is 0 Å². The van der Waals surface area contributed by atoms with Crippen LogP contribution in [0.2, 0.25) is 0 Å². The Kier molecular flexibility index (Phi) is 8.80. The summed E-state index contributed by atoms with van der Waals surface area (Å²) in [5.41, 5.74) is 3.23. The minimum absolute atomic E-state index is 0.0160. The highest BCUT2D eigenvalue weighted by Gasteiger charge is 2.24. The Balaban J connectivity index is 1.29. The molecule has 0 saturated carbocycles. The number of anilines is 3. The number of hydrogen-bond donors (Lipinski definition) is 3. The molecular formula is C31H28FN9O5S. The molecule has 2 heterocycles. The van der Waals surface area contributed by atoms with Gasteiger partial charge in [0.05, 0.1) is 36.0 Å². The minimum atomic E-state index is -4.89. The number of azo groups is 2. The molecule has 4 aromatic carbocycles. The first-order valence-corrected chi connectivity index (χ1v) is 15.8. The van der Waals surface area contributed by atoms with Gasteiger partial charge in [-0.25, -0.2) is 0 Å². The van der Waals surface area contributed by atoms with Crippen LogP contribution in [0.25, 0.3) is 10.8 Å². The molecule has 3 N–H and O–H groups in total. The SMILES string of the molecule is Cc1ccc(N=Nc2ccc(N=Nc3c(C)cc4c(S(=O)(=O)O)c(Nc5nc(F)nc(N6CCOCC6)n5)ccc4c3O)cc2)cc1. The van der Waals surface area contributed by atoms with Crippen LogP contribution in [0.1, 0.15) is 11.1 Å². The topological polar surface area (TPSA) is 187 Å². The number of phenols is 1. The van der Waals surface area contributed by atoms with Gasteiger partial charge in [0, 0.05) is 23.9 Å². The van der Waals surface area contributed by atoms with Crippen molar-refractivity contribution in [2.45, 2.75) is 18.7 Å². The standard InChI is InChI=1S/C31H28FN9O5S/c1-18-3-5-20(6-4-18)37-38-21-7-9-22(10-8-21)39-40-26-19(2)17-24-23(27(26)42)11-12-25(28(24)47(43,44)45)33-30-34-29(32)35-31(36-30)41-13-15-46-16-14-41/h3-12,17,42H,13-16H2,1-2H3,(H,43,44,45)(H,33,34,35,36). The molecule has 1 aliphatic heterocycles. The summed E-state index contributed by atoms with van der Waals surface area (Å²) in [7, 11) is -4.89. The maximum atomic E-state index is 14.4. The number of aryl methyl sites for hydroxylation is 2. The average Bonchev–Trinajstić information content (AvgIpc) is 3.04. The molecule has 1 aliphatic rings. The van der Waals surface area contributed by atoms with Crippen LogP contribution in [0.3, 0.4) is 0 Å². The first kappa shape index (κ1) is 31.5. The first-order valence-electron chi connectivity index (χ1n) is 14.3. The molecule has 1 fully saturated rings. The highest BCUT2D eigenvalue weighted by molar-refractivity contribution is 7.86. The first-order chi connectivity index (χ1) is 22.5. The fourth-order valence-electron chi connectivity index (χ4n) is 4.89. The number of phenolic OH excluding ortho intramolecular Hbond substituents is 1. The van der Waals surface area contributed by atoms with Gasteiger partial charge >= 0.3 is 6.08 Å². The third kappa shape index (κ3) is 7.19. The number of halogens is 1. The number of aromatic hydroxyl groups is 1. The van der Waals surface area contributed by atoms with Gasteiger partial charge in [-0.3, -0.25) is 4.55 Å². The van der Waals surface area contributed by atoms with Crippen molar-refractivity contribution in [2.75, 3.05) is 36.5 Å². The summed E-state index contributed by atoms with van der Waals surface area (Å²) in [6, 6.07) is 18.6. The molecule has 0 atom stereocenters. The lowest BCUT2D eigenvalue weighted by atomic mass is 10.0. The zero-order valence-corrected chi connectivity index (χ0v) is 26.0. The molecule has 0 aliphatic carbocycles. The Morgan fingerprint density at radius 2 is 1.43 bits per heavy atom. The van der Waals surface area contributed by atoms with Crippen molar-refractivity contribution in [3.63, 3.8) is 0 Å². The predicted molar refractivity (Wildman–Crippen MR) is 172 cm³/mol. The van der Waals surface area contributed by atoms with E-state index in [4.69, 9.17) is 4.74 Å². The van der Waals surface area contributed by atoms with E-state index in [1.54, 1.807) is 36.1 Å². The maximum Gasteiger partial charge on any atom is 0.315 e. The molecule has 14 nitrogen and oxygen atoms in total. The average molecular weight is 658 g/mol. The smallest absolute Gasteiger partial charge is 0.315 e. The van der Waals surface area contributed by atoms with Crippen LogP contribution in [-0.4, -0.2) is 59.3 Å². The molecule has 1 aromatic heterocycles. The third-order valence-electron chi connectivity index (χ3n) is 7.23. The van der Waals surface area contributed by atoms with Crippen LogP contribution in [0, 0.1) is 19.9 Å². The number of hydrogen-bond acceptors (Lipinski definition) is 13. The van der Waals surface area contributed by atoms with Gasteiger partial charge in [-0.1, -0.05) is 17.7 Å². The molecule has 0 amide bonds. The third-order valence-corrected chi connectivity index (χ3v) is 8.19. The molecule has 1 saturated heterocycles. The van der Waals surface area contributed by atoms with Gasteiger partial charge in [0.1, 0.15) is 10.6 Å². The second kappa shape index (κ2) is 13.1. The summed E-state index contributed by atoms with van der Waals surface area (Å²) in [6.07, 6.45) is -1.08. The molecule has 0 radical (unpaired) electrons. The number of nitrogens with zero attached hydrogens (tertiary/aromatic N) is 8. The second-order valence-corrected chi connectivity index (χ2v) is 12.0. The van der Waals surface area contributed by atoms with Gasteiger partial charge in [-0.15, -0.1) is 5.11 Å². The molecule has 0 bridgehead atoms. The minimum Gasteiger partial charge on any atom is -0.505 e. The summed E-state index contributed by atoms with van der Waals surface area (Å²) < 4.78 is 55.2. The number of aromatic nitrogens is 3. The van der Waals surface area contributed by atoms with Gasteiger partial charge in [0.25, 0.3) is 10.1 Å². The fraction of sp³-hybridized carbons (Fsp3) is 0.194. The normalized spacial score (nSPS) is 14.0. The van der Waals surface area contributed by atoms with Gasteiger partial charge in [0.15, 0.2) is 5.75 Å². The van der Waals surface area contributed by atoms with E-state index in [2.05, 4.69) is 40.7 Å². The van der Waals surface area contributed by atoms with E-state index in [-0.39, 0.29) is 39.8 Å². The van der Waals surface area contributed by atoms with Crippen molar-refractivity contribution in [1.82, 2.24) is 15.0 Å². The monoisotopic (exact) mass is 657 g/mol. The van der Waals surface area contributed by atoms with Gasteiger partial charge < -0.3 is 20.1 Å². The van der Waals surface area contributed by atoms with E-state index in [9.17, 15) is 22.5 Å². The predicted octanol–water partition coefficient (Wildman–Crippen LogP) is 7.14. The Morgan fingerprint density at radius 3 is 2.04 bits per heavy atom. The number of ether oxygens (including phenoxy) is 1. The fourth-order valence-corrected chi connectivity index (χ4v) is 5.74. The maximum absolute atomic E-state index is 14.4. The Hall–Kier alpha value is -5.45. The number of nitrogens with one attached hydrogen (secondary N) is 1. The summed E-state index contributed by atoms with van der Waals surface area (Å²) in [6.45, 7) is 5.27. The summed E-state index contributed by atoms with van der Waals surface area (Å²) in [5.74, 6) is -0.593. The summed E-state index contributed by atoms with van der Waals surface area (Å²) in [5, 5.41) is 30.8. The zero-order valence-electron chi connectivity index (χ0n) is 25.2. The largest absolute Gasteiger partial charge is 0.505 e. The van der Waals surface area contributed by atoms with Gasteiger partial charge in [0.2, 0.25) is 11.9 Å². The van der Waals surface area contributed by atoms with E-state index in [1.807, 2.05) is 31.2 Å². The summed E-state index contributed by atoms with van der Waals surface area (Å²) in [4.78, 5) is 12.7. The van der Waals surface area contributed by atoms with Crippen LogP contribution in [0.15, 0.2) is 92.1 Å². The van der Waals surface area contributed by atoms with E-state index in [0.717, 1.165) is 11.3 Å². The van der Waals surface area contributed by atoms with Crippen molar-refractivity contribution in [3.8, 4) is 5.75 Å². The van der Waals surface area contributed by atoms with Crippen LogP contribution >= 0.6 is 0 Å². The molecule has 47 heavy (non-hydrogen) atoms. The van der Waals surface area contributed by atoms with Crippen molar-refractivity contribution >= 4 is 61.2 Å². The highest BCUT2D eigenvalue weighted by atomic mass is 32.2. The van der Waals surface area contributed by atoms with Crippen molar-refractivity contribution in [1.29, 1.82) is 0 Å². The van der Waals surface area contributed by atoms with Crippen LogP contribution in [0.5, 0.6) is 5.75 Å². The van der Waals surface area contributed by atoms with Crippen molar-refractivity contribution in [2.24, 2.45) is 20.5 Å². The van der Waals surface area contributed by atoms with Crippen molar-refractivity contribution in [3.05, 3.63) is 83.9 Å². The van der Waals surface area contributed by atoms with Crippen LogP contribution in [-0.2, 0) is 14.9 Å². The summed E-state index contributed by atoms with van der Waals surface area (Å²) >= 11 is 0. The molecule has 0 spiro atoms. The van der Waals surface area contributed by atoms with Crippen LogP contribution in [0.4, 0.5) is 44.7 Å². The lowest BCUT2D eigenvalue weighted by molar-refractivity contribution is 0.122. The Bertz CT molecular complexity index is 2120. The van der Waals surface area contributed by atoms with E-state index < -0.39 is 21.1 Å². The van der Waals surface area contributed by atoms with E-state index in [0.29, 0.717) is 43.2 Å². The quantitative estimate of drug-likeness (QED) is 0.114. The van der Waals surface area contributed by atoms with Crippen LogP contribution < -0.4 is 10.2 Å². The Labute approximate surface area is 268 Å². The number of benzene rings is 4. The van der Waals surface area contributed by atoms with E-state index in [1.165, 1.54) is 18.2 Å². The lowest BCUT2D eigenvalue weighted by Crippen LogP contribution is -2.37. The molecular weight excluding hydrogens is 629 g/mol. The number of morpholine rings is 1. The molecule has 0 unspecified atom stereocenters. The lowest BCUT2D eigenvalue weighted by Gasteiger charge is -2.26. The number of fused-ring (bicyclic) bond motifs is 1. The Morgan fingerprint density at radius 1 is 0.830 bits per heavy atom. The van der Waals surface area contributed by atoms with Crippen molar-refractivity contribution < 1.29 is 27.2 Å². The molecule has 5 aromatic rings. The number of rotatable bonds is 8. The van der Waals surface area contributed by atoms with Gasteiger partial charge in [-0.2, -0.15) is 43.1 Å². The molecule has 240 valence electrons. The highest BCUT2D eigenvalue weighted by Crippen LogP contribution is 2.43. The zero-order chi connectivity index (χ0) is 33.1. The molecule has 6 rings (SSSR count).